The standard InChI is InChI=1S/C24H39F3O/c1-3-17-4-6-18(7-5-17)19-8-10-20(11-9-19)28-16-23-14-12-22(2,13-15-23)24(26,27)21(23)25/h17-21H,3-16H2,1-2H3. The lowest BCUT2D eigenvalue weighted by atomic mass is 9.51. The summed E-state index contributed by atoms with van der Waals surface area (Å²) in [5.74, 6) is -0.568. The number of hydrogen-bond donors (Lipinski definition) is 0. The first-order valence-corrected chi connectivity index (χ1v) is 11.9. The maximum absolute atomic E-state index is 14.8. The molecule has 5 rings (SSSR count). The highest BCUT2D eigenvalue weighted by atomic mass is 19.3. The van der Waals surface area contributed by atoms with Gasteiger partial charge in [0.1, 0.15) is 0 Å². The largest absolute Gasteiger partial charge is 0.378 e. The average molecular weight is 401 g/mol. The van der Waals surface area contributed by atoms with Crippen molar-refractivity contribution in [1.29, 1.82) is 0 Å². The van der Waals surface area contributed by atoms with Crippen molar-refractivity contribution in [3.05, 3.63) is 0 Å². The van der Waals surface area contributed by atoms with E-state index in [0.29, 0.717) is 25.7 Å². The molecule has 5 saturated carbocycles. The minimum absolute atomic E-state index is 0.147. The molecule has 0 radical (unpaired) electrons. The molecule has 4 heteroatoms. The lowest BCUT2D eigenvalue weighted by Gasteiger charge is -2.58. The Morgan fingerprint density at radius 3 is 1.89 bits per heavy atom. The summed E-state index contributed by atoms with van der Waals surface area (Å²) < 4.78 is 50.1. The topological polar surface area (TPSA) is 9.23 Å². The minimum Gasteiger partial charge on any atom is -0.378 e. The Labute approximate surface area is 169 Å². The predicted octanol–water partition coefficient (Wildman–Crippen LogP) is 7.33. The van der Waals surface area contributed by atoms with Crippen LogP contribution in [0.1, 0.15) is 97.3 Å². The molecule has 1 atom stereocenters. The molecular formula is C24H39F3O. The van der Waals surface area contributed by atoms with Crippen molar-refractivity contribution in [3.63, 3.8) is 0 Å². The van der Waals surface area contributed by atoms with Crippen molar-refractivity contribution in [1.82, 2.24) is 0 Å². The SMILES string of the molecule is CCC1CCC(C2CCC(OCC34CCC(C)(CC3)C(F)(F)C4F)CC2)CC1. The van der Waals surface area contributed by atoms with Crippen molar-refractivity contribution in [2.24, 2.45) is 28.6 Å². The molecule has 0 amide bonds. The summed E-state index contributed by atoms with van der Waals surface area (Å²) in [4.78, 5) is 0. The molecule has 28 heavy (non-hydrogen) atoms. The Hall–Kier alpha value is -0.250. The smallest absolute Gasteiger partial charge is 0.284 e. The Bertz CT molecular complexity index is 524. The number of halogens is 3. The normalized spacial score (nSPS) is 48.5. The van der Waals surface area contributed by atoms with Crippen LogP contribution in [0.3, 0.4) is 0 Å². The molecule has 5 fully saturated rings. The summed E-state index contributed by atoms with van der Waals surface area (Å²) in [6.45, 7) is 4.07. The first-order valence-electron chi connectivity index (χ1n) is 11.9. The van der Waals surface area contributed by atoms with Gasteiger partial charge in [-0.15, -0.1) is 0 Å². The maximum Gasteiger partial charge on any atom is 0.284 e. The van der Waals surface area contributed by atoms with E-state index in [1.807, 2.05) is 0 Å². The summed E-state index contributed by atoms with van der Waals surface area (Å²) in [6.07, 6.45) is 11.4. The van der Waals surface area contributed by atoms with Crippen LogP contribution in [-0.2, 0) is 4.74 Å². The van der Waals surface area contributed by atoms with Crippen LogP contribution in [0.15, 0.2) is 0 Å². The molecule has 0 aromatic heterocycles. The Kier molecular flexibility index (Phi) is 5.83. The van der Waals surface area contributed by atoms with Gasteiger partial charge in [0, 0.05) is 10.8 Å². The van der Waals surface area contributed by atoms with Crippen LogP contribution in [0, 0.1) is 28.6 Å². The highest BCUT2D eigenvalue weighted by molar-refractivity contribution is 5.12. The summed E-state index contributed by atoms with van der Waals surface area (Å²) >= 11 is 0. The molecule has 5 aliphatic rings. The first-order chi connectivity index (χ1) is 13.3. The third kappa shape index (κ3) is 3.54. The fourth-order valence-corrected chi connectivity index (χ4v) is 6.87. The van der Waals surface area contributed by atoms with Gasteiger partial charge in [0.05, 0.1) is 12.7 Å². The number of rotatable bonds is 5. The predicted molar refractivity (Wildman–Crippen MR) is 106 cm³/mol. The lowest BCUT2D eigenvalue weighted by molar-refractivity contribution is -0.274. The van der Waals surface area contributed by atoms with Crippen molar-refractivity contribution in [2.45, 2.75) is 116 Å². The molecule has 1 unspecified atom stereocenters. The van der Waals surface area contributed by atoms with Gasteiger partial charge in [0.25, 0.3) is 5.92 Å². The molecule has 0 aromatic carbocycles. The van der Waals surface area contributed by atoms with E-state index in [2.05, 4.69) is 6.92 Å². The fourth-order valence-electron chi connectivity index (χ4n) is 6.87. The fraction of sp³-hybridized carbons (Fsp3) is 1.00. The van der Waals surface area contributed by atoms with Gasteiger partial charge in [-0.05, 0) is 82.0 Å². The van der Waals surface area contributed by atoms with E-state index in [1.165, 1.54) is 44.9 Å². The highest BCUT2D eigenvalue weighted by Gasteiger charge is 2.69. The third-order valence-electron chi connectivity index (χ3n) is 9.47. The first kappa shape index (κ1) is 21.0. The van der Waals surface area contributed by atoms with Crippen LogP contribution in [0.5, 0.6) is 0 Å². The van der Waals surface area contributed by atoms with Crippen LogP contribution in [0.2, 0.25) is 0 Å². The zero-order valence-corrected chi connectivity index (χ0v) is 17.8. The number of fused-ring (bicyclic) bond motifs is 3. The second-order valence-electron chi connectivity index (χ2n) is 10.9. The van der Waals surface area contributed by atoms with Crippen LogP contribution in [0.25, 0.3) is 0 Å². The Morgan fingerprint density at radius 2 is 1.36 bits per heavy atom. The van der Waals surface area contributed by atoms with E-state index in [-0.39, 0.29) is 12.7 Å². The van der Waals surface area contributed by atoms with E-state index in [1.54, 1.807) is 6.92 Å². The highest BCUT2D eigenvalue weighted by Crippen LogP contribution is 2.64. The molecule has 0 N–H and O–H groups in total. The van der Waals surface area contributed by atoms with E-state index in [0.717, 1.165) is 30.6 Å². The van der Waals surface area contributed by atoms with Gasteiger partial charge in [0.15, 0.2) is 6.17 Å². The van der Waals surface area contributed by atoms with Gasteiger partial charge in [-0.25, -0.2) is 13.2 Å². The van der Waals surface area contributed by atoms with Crippen LogP contribution in [-0.4, -0.2) is 24.8 Å². The van der Waals surface area contributed by atoms with Crippen molar-refractivity contribution < 1.29 is 17.9 Å². The molecule has 0 heterocycles. The monoisotopic (exact) mass is 400 g/mol. The second kappa shape index (κ2) is 7.78. The summed E-state index contributed by atoms with van der Waals surface area (Å²) in [5.41, 5.74) is -2.10. The van der Waals surface area contributed by atoms with Crippen LogP contribution >= 0.6 is 0 Å². The maximum atomic E-state index is 14.8. The van der Waals surface area contributed by atoms with Gasteiger partial charge in [0.2, 0.25) is 0 Å². The van der Waals surface area contributed by atoms with Crippen LogP contribution < -0.4 is 0 Å². The number of hydrogen-bond acceptors (Lipinski definition) is 1. The van der Waals surface area contributed by atoms with Gasteiger partial charge in [-0.3, -0.25) is 0 Å². The molecule has 0 aliphatic heterocycles. The van der Waals surface area contributed by atoms with Crippen molar-refractivity contribution in [2.75, 3.05) is 6.61 Å². The van der Waals surface area contributed by atoms with Gasteiger partial charge in [-0.2, -0.15) is 0 Å². The van der Waals surface area contributed by atoms with E-state index in [9.17, 15) is 13.2 Å². The molecule has 0 spiro atoms. The van der Waals surface area contributed by atoms with Crippen molar-refractivity contribution in [3.8, 4) is 0 Å². The second-order valence-corrected chi connectivity index (χ2v) is 10.9. The Morgan fingerprint density at radius 1 is 0.821 bits per heavy atom. The number of ether oxygens (including phenoxy) is 1. The zero-order chi connectivity index (χ0) is 20.0. The zero-order valence-electron chi connectivity index (χ0n) is 17.8. The van der Waals surface area contributed by atoms with Gasteiger partial charge < -0.3 is 4.74 Å². The van der Waals surface area contributed by atoms with Gasteiger partial charge >= 0.3 is 0 Å². The molecule has 5 aliphatic carbocycles. The van der Waals surface area contributed by atoms with E-state index < -0.39 is 22.9 Å². The summed E-state index contributed by atoms with van der Waals surface area (Å²) in [5, 5.41) is 0. The molecule has 0 saturated heterocycles. The molecule has 1 nitrogen and oxygen atoms in total. The van der Waals surface area contributed by atoms with Crippen molar-refractivity contribution >= 4 is 0 Å². The average Bonchev–Trinajstić information content (AvgIpc) is 2.72. The van der Waals surface area contributed by atoms with E-state index in [4.69, 9.17) is 4.74 Å². The lowest BCUT2D eigenvalue weighted by Crippen LogP contribution is -2.64. The summed E-state index contributed by atoms with van der Waals surface area (Å²) in [6, 6.07) is 0. The van der Waals surface area contributed by atoms with Gasteiger partial charge in [-0.1, -0.05) is 33.1 Å². The minimum atomic E-state index is -3.21. The molecule has 162 valence electrons. The molecular weight excluding hydrogens is 361 g/mol. The van der Waals surface area contributed by atoms with Crippen LogP contribution in [0.4, 0.5) is 13.2 Å². The molecule has 0 aromatic rings. The summed E-state index contributed by atoms with van der Waals surface area (Å²) in [7, 11) is 0. The number of alkyl halides is 3. The quantitative estimate of drug-likeness (QED) is 0.469. The van der Waals surface area contributed by atoms with E-state index >= 15 is 0 Å². The molecule has 2 bridgehead atoms. The third-order valence-corrected chi connectivity index (χ3v) is 9.47. The Balaban J connectivity index is 1.26.